The third kappa shape index (κ3) is 5.51. The van der Waals surface area contributed by atoms with E-state index in [0.29, 0.717) is 42.6 Å². The van der Waals surface area contributed by atoms with Gasteiger partial charge in [0.2, 0.25) is 12.7 Å². The summed E-state index contributed by atoms with van der Waals surface area (Å²) in [6.07, 6.45) is -3.07. The molecular formula is C24H24F3N3O4. The molecule has 0 atom stereocenters. The topological polar surface area (TPSA) is 68.0 Å². The monoisotopic (exact) mass is 475 g/mol. The van der Waals surface area contributed by atoms with Crippen molar-refractivity contribution >= 4 is 5.91 Å². The van der Waals surface area contributed by atoms with E-state index >= 15 is 0 Å². The molecule has 0 unspecified atom stereocenters. The number of nitrogens with zero attached hydrogens (tertiary/aromatic N) is 3. The van der Waals surface area contributed by atoms with Crippen LogP contribution in [0.1, 0.15) is 40.0 Å². The maximum absolute atomic E-state index is 12.9. The first-order chi connectivity index (χ1) is 16.2. The van der Waals surface area contributed by atoms with Crippen LogP contribution in [0.2, 0.25) is 0 Å². The van der Waals surface area contributed by atoms with Crippen LogP contribution in [0.15, 0.2) is 53.1 Å². The molecule has 2 heterocycles. The number of oxazole rings is 1. The van der Waals surface area contributed by atoms with Gasteiger partial charge in [-0.15, -0.1) is 0 Å². The van der Waals surface area contributed by atoms with E-state index < -0.39 is 11.7 Å². The molecule has 1 amide bonds. The lowest BCUT2D eigenvalue weighted by Crippen LogP contribution is -2.26. The Morgan fingerprint density at radius 1 is 1.00 bits per heavy atom. The van der Waals surface area contributed by atoms with Gasteiger partial charge in [0.15, 0.2) is 17.2 Å². The maximum Gasteiger partial charge on any atom is 0.416 e. The maximum atomic E-state index is 12.9. The highest BCUT2D eigenvalue weighted by Gasteiger charge is 2.30. The molecule has 10 heteroatoms. The molecule has 34 heavy (non-hydrogen) atoms. The minimum absolute atomic E-state index is 0.160. The molecule has 3 aromatic rings. The first-order valence-corrected chi connectivity index (χ1v) is 10.7. The summed E-state index contributed by atoms with van der Waals surface area (Å²) in [5.74, 6) is 1.38. The van der Waals surface area contributed by atoms with E-state index in [2.05, 4.69) is 4.98 Å². The van der Waals surface area contributed by atoms with Crippen molar-refractivity contribution in [1.82, 2.24) is 14.8 Å². The average molecular weight is 475 g/mol. The number of halogens is 3. The SMILES string of the molecule is CCN(C)C(=O)c1coc(CN(Cc2ccc(C(F)(F)F)cc2)Cc2ccc3c(c2)OCO3)n1. The fourth-order valence-electron chi connectivity index (χ4n) is 3.53. The average Bonchev–Trinajstić information content (AvgIpc) is 3.47. The van der Waals surface area contributed by atoms with Gasteiger partial charge in [-0.2, -0.15) is 13.2 Å². The zero-order chi connectivity index (χ0) is 24.3. The molecule has 7 nitrogen and oxygen atoms in total. The summed E-state index contributed by atoms with van der Waals surface area (Å²) in [4.78, 5) is 20.1. The van der Waals surface area contributed by atoms with Crippen LogP contribution < -0.4 is 9.47 Å². The van der Waals surface area contributed by atoms with E-state index in [0.717, 1.165) is 17.7 Å². The standard InChI is InChI=1S/C24H24F3N3O4/c1-3-29(2)23(31)19-14-32-22(28-19)13-30(11-16-4-7-18(8-5-16)24(25,26)27)12-17-6-9-20-21(10-17)34-15-33-20/h4-10,14H,3,11-13,15H2,1-2H3. The molecule has 0 bridgehead atoms. The first kappa shape index (κ1) is 23.6. The minimum Gasteiger partial charge on any atom is -0.454 e. The molecule has 4 rings (SSSR count). The van der Waals surface area contributed by atoms with E-state index in [9.17, 15) is 18.0 Å². The molecule has 0 spiro atoms. The number of hydrogen-bond donors (Lipinski definition) is 0. The summed E-state index contributed by atoms with van der Waals surface area (Å²) < 4.78 is 55.1. The third-order valence-corrected chi connectivity index (χ3v) is 5.48. The van der Waals surface area contributed by atoms with Gasteiger partial charge in [0, 0.05) is 26.7 Å². The molecule has 1 aromatic heterocycles. The van der Waals surface area contributed by atoms with Gasteiger partial charge in [-0.25, -0.2) is 4.98 Å². The number of amides is 1. The molecule has 2 aromatic carbocycles. The number of carbonyl (C=O) groups excluding carboxylic acids is 1. The normalized spacial score (nSPS) is 12.9. The van der Waals surface area contributed by atoms with Gasteiger partial charge in [-0.3, -0.25) is 9.69 Å². The van der Waals surface area contributed by atoms with Gasteiger partial charge in [-0.05, 0) is 42.3 Å². The Kier molecular flexibility index (Phi) is 6.78. The highest BCUT2D eigenvalue weighted by Crippen LogP contribution is 2.33. The van der Waals surface area contributed by atoms with Crippen LogP contribution in [0.4, 0.5) is 13.2 Å². The molecule has 0 fully saturated rings. The van der Waals surface area contributed by atoms with Crippen molar-refractivity contribution in [2.24, 2.45) is 0 Å². The third-order valence-electron chi connectivity index (χ3n) is 5.48. The number of benzene rings is 2. The van der Waals surface area contributed by atoms with Crippen LogP contribution in [0.25, 0.3) is 0 Å². The lowest BCUT2D eigenvalue weighted by molar-refractivity contribution is -0.137. The molecule has 1 aliphatic heterocycles. The van der Waals surface area contributed by atoms with Crippen LogP contribution in [0.5, 0.6) is 11.5 Å². The lowest BCUT2D eigenvalue weighted by atomic mass is 10.1. The number of ether oxygens (including phenoxy) is 2. The molecule has 180 valence electrons. The van der Waals surface area contributed by atoms with E-state index in [-0.39, 0.29) is 24.9 Å². The molecule has 0 N–H and O–H groups in total. The van der Waals surface area contributed by atoms with E-state index in [4.69, 9.17) is 13.9 Å². The molecule has 0 saturated carbocycles. The van der Waals surface area contributed by atoms with Crippen molar-refractivity contribution in [2.45, 2.75) is 32.7 Å². The fourth-order valence-corrected chi connectivity index (χ4v) is 3.53. The van der Waals surface area contributed by atoms with Crippen LogP contribution >= 0.6 is 0 Å². The van der Waals surface area contributed by atoms with E-state index in [1.807, 2.05) is 30.0 Å². The predicted octanol–water partition coefficient (Wildman–Crippen LogP) is 4.72. The van der Waals surface area contributed by atoms with E-state index in [1.54, 1.807) is 7.05 Å². The Morgan fingerprint density at radius 3 is 2.38 bits per heavy atom. The zero-order valence-corrected chi connectivity index (χ0v) is 18.8. The molecule has 0 saturated heterocycles. The van der Waals surface area contributed by atoms with Crippen molar-refractivity contribution in [3.8, 4) is 11.5 Å². The smallest absolute Gasteiger partial charge is 0.416 e. The van der Waals surface area contributed by atoms with Gasteiger partial charge < -0.3 is 18.8 Å². The number of aromatic nitrogens is 1. The number of rotatable bonds is 8. The Hall–Kier alpha value is -3.53. The highest BCUT2D eigenvalue weighted by molar-refractivity contribution is 5.91. The summed E-state index contributed by atoms with van der Waals surface area (Å²) in [5.41, 5.74) is 1.12. The van der Waals surface area contributed by atoms with Gasteiger partial charge in [0.05, 0.1) is 12.1 Å². The molecule has 0 radical (unpaired) electrons. The second kappa shape index (κ2) is 9.76. The zero-order valence-electron chi connectivity index (χ0n) is 18.8. The first-order valence-electron chi connectivity index (χ1n) is 10.7. The van der Waals surface area contributed by atoms with Crippen molar-refractivity contribution in [1.29, 1.82) is 0 Å². The summed E-state index contributed by atoms with van der Waals surface area (Å²) in [5, 5.41) is 0. The van der Waals surface area contributed by atoms with Crippen molar-refractivity contribution in [3.05, 3.63) is 77.0 Å². The second-order valence-electron chi connectivity index (χ2n) is 7.97. The van der Waals surface area contributed by atoms with Crippen LogP contribution in [-0.2, 0) is 25.8 Å². The van der Waals surface area contributed by atoms with Crippen LogP contribution in [0, 0.1) is 0 Å². The fraction of sp³-hybridized carbons (Fsp3) is 0.333. The number of hydrogen-bond acceptors (Lipinski definition) is 6. The Bertz CT molecular complexity index is 1150. The second-order valence-corrected chi connectivity index (χ2v) is 7.97. The van der Waals surface area contributed by atoms with Gasteiger partial charge in [-0.1, -0.05) is 18.2 Å². The number of carbonyl (C=O) groups is 1. The van der Waals surface area contributed by atoms with Crippen LogP contribution in [0.3, 0.4) is 0 Å². The number of alkyl halides is 3. The molecule has 1 aliphatic rings. The lowest BCUT2D eigenvalue weighted by Gasteiger charge is -2.21. The molecule has 0 aliphatic carbocycles. The van der Waals surface area contributed by atoms with Gasteiger partial charge in [0.25, 0.3) is 5.91 Å². The molecular weight excluding hydrogens is 451 g/mol. The predicted molar refractivity (Wildman–Crippen MR) is 116 cm³/mol. The van der Waals surface area contributed by atoms with Crippen molar-refractivity contribution in [3.63, 3.8) is 0 Å². The Balaban J connectivity index is 1.54. The number of fused-ring (bicyclic) bond motifs is 1. The van der Waals surface area contributed by atoms with E-state index in [1.165, 1.54) is 23.3 Å². The highest BCUT2D eigenvalue weighted by atomic mass is 19.4. The summed E-state index contributed by atoms with van der Waals surface area (Å²) in [7, 11) is 1.67. The Labute approximate surface area is 194 Å². The summed E-state index contributed by atoms with van der Waals surface area (Å²) >= 11 is 0. The van der Waals surface area contributed by atoms with Gasteiger partial charge >= 0.3 is 6.18 Å². The minimum atomic E-state index is -4.39. The van der Waals surface area contributed by atoms with Crippen molar-refractivity contribution < 1.29 is 31.9 Å². The van der Waals surface area contributed by atoms with Crippen molar-refractivity contribution in [2.75, 3.05) is 20.4 Å². The largest absolute Gasteiger partial charge is 0.454 e. The summed E-state index contributed by atoms with van der Waals surface area (Å²) in [6, 6.07) is 10.6. The summed E-state index contributed by atoms with van der Waals surface area (Å²) in [6.45, 7) is 3.58. The quantitative estimate of drug-likeness (QED) is 0.470. The Morgan fingerprint density at radius 2 is 1.68 bits per heavy atom. The van der Waals surface area contributed by atoms with Gasteiger partial charge in [0.1, 0.15) is 6.26 Å². The van der Waals surface area contributed by atoms with Crippen LogP contribution in [-0.4, -0.2) is 41.1 Å².